The molecule has 2 rings (SSSR count). The Morgan fingerprint density at radius 1 is 1.35 bits per heavy atom. The molecule has 0 amide bonds. The largest absolute Gasteiger partial charge is 0.272 e. The van der Waals surface area contributed by atoms with Gasteiger partial charge in [-0.3, -0.25) is 16.0 Å². The molecule has 5 heteroatoms. The minimum atomic E-state index is 0.162. The second-order valence-corrected chi connectivity index (χ2v) is 5.61. The van der Waals surface area contributed by atoms with Gasteiger partial charge in [0.15, 0.2) is 0 Å². The highest BCUT2D eigenvalue weighted by Gasteiger charge is 2.15. The average molecular weight is 293 g/mol. The zero-order chi connectivity index (χ0) is 14.7. The van der Waals surface area contributed by atoms with Crippen molar-refractivity contribution in [3.05, 3.63) is 51.8 Å². The first-order chi connectivity index (χ1) is 9.51. The number of benzene rings is 1. The second kappa shape index (κ2) is 6.39. The standard InChI is InChI=1S/C15H21ClN4/c1-10-15(11(2)20(3)19-10)9-14(18-17)8-12-5-4-6-13(16)7-12/h4-7,14,18H,8-9,17H2,1-3H3. The van der Waals surface area contributed by atoms with Crippen LogP contribution in [0.1, 0.15) is 22.5 Å². The van der Waals surface area contributed by atoms with E-state index in [4.69, 9.17) is 17.4 Å². The van der Waals surface area contributed by atoms with Gasteiger partial charge in [-0.25, -0.2) is 0 Å². The highest BCUT2D eigenvalue weighted by molar-refractivity contribution is 6.30. The van der Waals surface area contributed by atoms with Crippen molar-refractivity contribution in [2.75, 3.05) is 0 Å². The van der Waals surface area contributed by atoms with Crippen LogP contribution in [0, 0.1) is 13.8 Å². The molecule has 20 heavy (non-hydrogen) atoms. The van der Waals surface area contributed by atoms with Crippen molar-refractivity contribution in [2.45, 2.75) is 32.7 Å². The van der Waals surface area contributed by atoms with Gasteiger partial charge >= 0.3 is 0 Å². The van der Waals surface area contributed by atoms with Gasteiger partial charge in [-0.2, -0.15) is 5.10 Å². The van der Waals surface area contributed by atoms with Crippen LogP contribution in [0.4, 0.5) is 0 Å². The van der Waals surface area contributed by atoms with Crippen LogP contribution >= 0.6 is 11.6 Å². The van der Waals surface area contributed by atoms with Gasteiger partial charge in [0.1, 0.15) is 0 Å². The molecule has 1 atom stereocenters. The maximum absolute atomic E-state index is 6.02. The summed E-state index contributed by atoms with van der Waals surface area (Å²) in [6, 6.07) is 8.06. The summed E-state index contributed by atoms with van der Waals surface area (Å²) >= 11 is 6.02. The molecular formula is C15H21ClN4. The molecule has 0 saturated carbocycles. The number of hydrazine groups is 1. The normalized spacial score (nSPS) is 12.7. The van der Waals surface area contributed by atoms with Crippen molar-refractivity contribution in [3.8, 4) is 0 Å². The predicted octanol–water partition coefficient (Wildman–Crippen LogP) is 2.31. The Balaban J connectivity index is 2.13. The monoisotopic (exact) mass is 292 g/mol. The molecule has 1 heterocycles. The second-order valence-electron chi connectivity index (χ2n) is 5.17. The molecule has 0 aliphatic heterocycles. The lowest BCUT2D eigenvalue weighted by Crippen LogP contribution is -2.38. The minimum Gasteiger partial charge on any atom is -0.272 e. The molecule has 0 aliphatic carbocycles. The molecule has 1 aromatic heterocycles. The lowest BCUT2D eigenvalue weighted by atomic mass is 9.98. The zero-order valence-corrected chi connectivity index (χ0v) is 12.9. The fourth-order valence-electron chi connectivity index (χ4n) is 2.50. The van der Waals surface area contributed by atoms with Crippen LogP contribution in [-0.4, -0.2) is 15.8 Å². The van der Waals surface area contributed by atoms with Crippen molar-refractivity contribution in [1.29, 1.82) is 0 Å². The number of hydrogen-bond donors (Lipinski definition) is 2. The van der Waals surface area contributed by atoms with Crippen LogP contribution in [0.3, 0.4) is 0 Å². The van der Waals surface area contributed by atoms with E-state index in [0.29, 0.717) is 0 Å². The summed E-state index contributed by atoms with van der Waals surface area (Å²) in [5.74, 6) is 5.70. The Hall–Kier alpha value is -1.36. The Morgan fingerprint density at radius 3 is 2.65 bits per heavy atom. The van der Waals surface area contributed by atoms with Crippen LogP contribution < -0.4 is 11.3 Å². The number of halogens is 1. The highest BCUT2D eigenvalue weighted by atomic mass is 35.5. The van der Waals surface area contributed by atoms with Crippen molar-refractivity contribution in [3.63, 3.8) is 0 Å². The van der Waals surface area contributed by atoms with Gasteiger partial charge in [-0.05, 0) is 49.9 Å². The first-order valence-electron chi connectivity index (χ1n) is 6.71. The summed E-state index contributed by atoms with van der Waals surface area (Å²) < 4.78 is 1.91. The van der Waals surface area contributed by atoms with Gasteiger partial charge in [-0.15, -0.1) is 0 Å². The topological polar surface area (TPSA) is 55.9 Å². The fraction of sp³-hybridized carbons (Fsp3) is 0.400. The minimum absolute atomic E-state index is 0.162. The number of hydrogen-bond acceptors (Lipinski definition) is 3. The van der Waals surface area contributed by atoms with E-state index in [9.17, 15) is 0 Å². The molecule has 2 aromatic rings. The summed E-state index contributed by atoms with van der Waals surface area (Å²) in [4.78, 5) is 0. The van der Waals surface area contributed by atoms with Crippen molar-refractivity contribution >= 4 is 11.6 Å². The van der Waals surface area contributed by atoms with Crippen LogP contribution in [0.15, 0.2) is 24.3 Å². The maximum Gasteiger partial charge on any atom is 0.0628 e. The molecule has 108 valence electrons. The van der Waals surface area contributed by atoms with E-state index < -0.39 is 0 Å². The number of nitrogens with one attached hydrogen (secondary N) is 1. The third-order valence-electron chi connectivity index (χ3n) is 3.72. The Bertz CT molecular complexity index is 592. The Morgan fingerprint density at radius 2 is 2.10 bits per heavy atom. The number of nitrogens with two attached hydrogens (primary N) is 1. The molecule has 0 radical (unpaired) electrons. The lowest BCUT2D eigenvalue weighted by Gasteiger charge is -2.16. The third kappa shape index (κ3) is 3.39. The van der Waals surface area contributed by atoms with Crippen molar-refractivity contribution in [2.24, 2.45) is 12.9 Å². The number of aromatic nitrogens is 2. The molecule has 0 saturated heterocycles. The van der Waals surface area contributed by atoms with Gasteiger partial charge in [0.2, 0.25) is 0 Å². The molecule has 4 nitrogen and oxygen atoms in total. The van der Waals surface area contributed by atoms with Crippen LogP contribution in [0.25, 0.3) is 0 Å². The van der Waals surface area contributed by atoms with Gasteiger partial charge in [0.25, 0.3) is 0 Å². The first-order valence-corrected chi connectivity index (χ1v) is 7.08. The summed E-state index contributed by atoms with van der Waals surface area (Å²) in [5, 5.41) is 5.20. The van der Waals surface area contributed by atoms with Crippen molar-refractivity contribution < 1.29 is 0 Å². The van der Waals surface area contributed by atoms with Crippen LogP contribution in [0.5, 0.6) is 0 Å². The highest BCUT2D eigenvalue weighted by Crippen LogP contribution is 2.17. The number of nitrogens with zero attached hydrogens (tertiary/aromatic N) is 2. The van der Waals surface area contributed by atoms with E-state index >= 15 is 0 Å². The number of aryl methyl sites for hydroxylation is 2. The molecule has 0 fully saturated rings. The quantitative estimate of drug-likeness (QED) is 0.657. The summed E-state index contributed by atoms with van der Waals surface area (Å²) in [7, 11) is 1.97. The first kappa shape index (κ1) is 15.0. The molecular weight excluding hydrogens is 272 g/mol. The summed E-state index contributed by atoms with van der Waals surface area (Å²) in [5.41, 5.74) is 7.60. The van der Waals surface area contributed by atoms with E-state index in [-0.39, 0.29) is 6.04 Å². The van der Waals surface area contributed by atoms with E-state index in [1.807, 2.05) is 36.9 Å². The Labute approximate surface area is 124 Å². The van der Waals surface area contributed by atoms with E-state index in [1.54, 1.807) is 0 Å². The van der Waals surface area contributed by atoms with Crippen LogP contribution in [-0.2, 0) is 19.9 Å². The van der Waals surface area contributed by atoms with Gasteiger partial charge in [0.05, 0.1) is 5.69 Å². The van der Waals surface area contributed by atoms with Gasteiger partial charge in [0, 0.05) is 23.8 Å². The summed E-state index contributed by atoms with van der Waals surface area (Å²) in [6.45, 7) is 4.12. The Kier molecular flexibility index (Phi) is 4.81. The summed E-state index contributed by atoms with van der Waals surface area (Å²) in [6.07, 6.45) is 1.69. The molecule has 0 bridgehead atoms. The van der Waals surface area contributed by atoms with Crippen LogP contribution in [0.2, 0.25) is 5.02 Å². The molecule has 1 unspecified atom stereocenters. The van der Waals surface area contributed by atoms with E-state index in [0.717, 1.165) is 23.6 Å². The van der Waals surface area contributed by atoms with E-state index in [2.05, 4.69) is 23.5 Å². The molecule has 3 N–H and O–H groups in total. The average Bonchev–Trinajstić information content (AvgIpc) is 2.64. The molecule has 0 aliphatic rings. The van der Waals surface area contributed by atoms with Crippen molar-refractivity contribution in [1.82, 2.24) is 15.2 Å². The maximum atomic E-state index is 6.02. The number of rotatable bonds is 5. The van der Waals surface area contributed by atoms with Gasteiger partial charge < -0.3 is 0 Å². The SMILES string of the molecule is Cc1nn(C)c(C)c1CC(Cc1cccc(Cl)c1)NN. The predicted molar refractivity (Wildman–Crippen MR) is 82.7 cm³/mol. The fourth-order valence-corrected chi connectivity index (χ4v) is 2.71. The third-order valence-corrected chi connectivity index (χ3v) is 3.95. The molecule has 1 aromatic carbocycles. The lowest BCUT2D eigenvalue weighted by molar-refractivity contribution is 0.520. The molecule has 0 spiro atoms. The smallest absolute Gasteiger partial charge is 0.0628 e. The van der Waals surface area contributed by atoms with E-state index in [1.165, 1.54) is 16.8 Å². The van der Waals surface area contributed by atoms with Gasteiger partial charge in [-0.1, -0.05) is 23.7 Å². The zero-order valence-electron chi connectivity index (χ0n) is 12.2.